The summed E-state index contributed by atoms with van der Waals surface area (Å²) in [5, 5.41) is 0. The molecule has 0 unspecified atom stereocenters. The lowest BCUT2D eigenvalue weighted by molar-refractivity contribution is -0.139. The van der Waals surface area contributed by atoms with Crippen LogP contribution in [0.15, 0.2) is 47.4 Å². The largest absolute Gasteiger partial charge is 0.497 e. The van der Waals surface area contributed by atoms with Gasteiger partial charge < -0.3 is 14.2 Å². The average molecular weight is 422 g/mol. The van der Waals surface area contributed by atoms with Crippen LogP contribution in [0.25, 0.3) is 0 Å². The quantitative estimate of drug-likeness (QED) is 0.713. The average Bonchev–Trinajstić information content (AvgIpc) is 2.73. The summed E-state index contributed by atoms with van der Waals surface area (Å²) in [5.41, 5.74) is -0.323. The molecule has 0 spiro atoms. The van der Waals surface area contributed by atoms with Crippen molar-refractivity contribution in [3.63, 3.8) is 0 Å². The summed E-state index contributed by atoms with van der Waals surface area (Å²) in [6.07, 6.45) is -0.189. The predicted octanol–water partition coefficient (Wildman–Crippen LogP) is 3.75. The first kappa shape index (κ1) is 21.9. The van der Waals surface area contributed by atoms with E-state index in [1.165, 1.54) is 5.56 Å². The third kappa shape index (κ3) is 5.64. The summed E-state index contributed by atoms with van der Waals surface area (Å²) in [7, 11) is 1.63. The molecule has 1 fully saturated rings. The molecular weight excluding hydrogens is 397 g/mol. The Morgan fingerprint density at radius 3 is 2.37 bits per heavy atom. The molecule has 2 aromatic rings. The monoisotopic (exact) mass is 422 g/mol. The summed E-state index contributed by atoms with van der Waals surface area (Å²) in [6, 6.07) is 9.55. The van der Waals surface area contributed by atoms with Crippen molar-refractivity contribution >= 4 is 5.91 Å². The SMILES string of the molecule is COc1ccc(CCC2CCN(C(=O)Cn3cc(C(F)(F)F)ccc3=O)CC2)cc1. The van der Waals surface area contributed by atoms with E-state index < -0.39 is 17.3 Å². The number of alkyl halides is 3. The van der Waals surface area contributed by atoms with Crippen molar-refractivity contribution in [1.29, 1.82) is 0 Å². The second-order valence-electron chi connectivity index (χ2n) is 7.59. The van der Waals surface area contributed by atoms with Gasteiger partial charge in [0.15, 0.2) is 0 Å². The fourth-order valence-corrected chi connectivity index (χ4v) is 3.70. The number of hydrogen-bond donors (Lipinski definition) is 0. The van der Waals surface area contributed by atoms with Gasteiger partial charge in [-0.1, -0.05) is 12.1 Å². The lowest BCUT2D eigenvalue weighted by Gasteiger charge is -2.32. The molecule has 1 aromatic carbocycles. The van der Waals surface area contributed by atoms with Gasteiger partial charge in [-0.2, -0.15) is 13.2 Å². The Morgan fingerprint density at radius 1 is 1.10 bits per heavy atom. The van der Waals surface area contributed by atoms with E-state index in [9.17, 15) is 22.8 Å². The van der Waals surface area contributed by atoms with Gasteiger partial charge in [0.1, 0.15) is 12.3 Å². The molecule has 0 radical (unpaired) electrons. The molecule has 30 heavy (non-hydrogen) atoms. The number of rotatable bonds is 6. The Balaban J connectivity index is 1.50. The fourth-order valence-electron chi connectivity index (χ4n) is 3.70. The van der Waals surface area contributed by atoms with Gasteiger partial charge in [-0.05, 0) is 55.4 Å². The zero-order valence-electron chi connectivity index (χ0n) is 16.8. The van der Waals surface area contributed by atoms with Crippen molar-refractivity contribution in [2.45, 2.75) is 38.4 Å². The molecule has 1 aliphatic heterocycles. The summed E-state index contributed by atoms with van der Waals surface area (Å²) in [6.45, 7) is 0.735. The van der Waals surface area contributed by atoms with Gasteiger partial charge in [-0.25, -0.2) is 0 Å². The van der Waals surface area contributed by atoms with Gasteiger partial charge in [0.25, 0.3) is 5.56 Å². The molecule has 162 valence electrons. The number of ether oxygens (including phenoxy) is 1. The lowest BCUT2D eigenvalue weighted by Crippen LogP contribution is -2.41. The van der Waals surface area contributed by atoms with Crippen molar-refractivity contribution in [1.82, 2.24) is 9.47 Å². The van der Waals surface area contributed by atoms with Gasteiger partial charge in [-0.3, -0.25) is 9.59 Å². The van der Waals surface area contributed by atoms with E-state index in [0.717, 1.165) is 48.1 Å². The molecule has 1 amide bonds. The third-order valence-corrected chi connectivity index (χ3v) is 5.58. The molecule has 2 heterocycles. The van der Waals surface area contributed by atoms with Crippen LogP contribution in [0.3, 0.4) is 0 Å². The van der Waals surface area contributed by atoms with E-state index >= 15 is 0 Å². The minimum absolute atomic E-state index is 0.329. The van der Waals surface area contributed by atoms with Gasteiger partial charge >= 0.3 is 6.18 Å². The van der Waals surface area contributed by atoms with Crippen LogP contribution in [-0.4, -0.2) is 35.6 Å². The van der Waals surface area contributed by atoms with Crippen molar-refractivity contribution < 1.29 is 22.7 Å². The van der Waals surface area contributed by atoms with Crippen LogP contribution in [-0.2, 0) is 23.9 Å². The smallest absolute Gasteiger partial charge is 0.417 e. The highest BCUT2D eigenvalue weighted by Crippen LogP contribution is 2.28. The Morgan fingerprint density at radius 2 is 1.77 bits per heavy atom. The van der Waals surface area contributed by atoms with Crippen LogP contribution in [0.2, 0.25) is 0 Å². The summed E-state index contributed by atoms with van der Waals surface area (Å²) in [5.74, 6) is 0.989. The second-order valence-corrected chi connectivity index (χ2v) is 7.59. The fraction of sp³-hybridized carbons (Fsp3) is 0.455. The number of aromatic nitrogens is 1. The first-order valence-electron chi connectivity index (χ1n) is 9.94. The van der Waals surface area contributed by atoms with E-state index in [0.29, 0.717) is 25.2 Å². The van der Waals surface area contributed by atoms with Gasteiger partial charge in [0.05, 0.1) is 12.7 Å². The van der Waals surface area contributed by atoms with Gasteiger partial charge in [0.2, 0.25) is 5.91 Å². The molecular formula is C22H25F3N2O3. The van der Waals surface area contributed by atoms with Crippen LogP contribution < -0.4 is 10.3 Å². The maximum absolute atomic E-state index is 12.9. The molecule has 0 aliphatic carbocycles. The van der Waals surface area contributed by atoms with Crippen LogP contribution in [0.1, 0.15) is 30.4 Å². The standard InChI is InChI=1S/C22H25F3N2O3/c1-30-19-7-4-16(5-8-19)2-3-17-10-12-26(13-11-17)21(29)15-27-14-18(22(23,24)25)6-9-20(27)28/h4-9,14,17H,2-3,10-13,15H2,1H3. The Bertz CT molecular complexity index is 914. The Labute approximate surface area is 173 Å². The molecule has 3 rings (SSSR count). The molecule has 0 atom stereocenters. The number of pyridine rings is 1. The number of piperidine rings is 1. The van der Waals surface area contributed by atoms with Crippen molar-refractivity contribution in [3.8, 4) is 5.75 Å². The topological polar surface area (TPSA) is 51.5 Å². The van der Waals surface area contributed by atoms with Gasteiger partial charge in [0, 0.05) is 25.4 Å². The van der Waals surface area contributed by atoms with E-state index in [2.05, 4.69) is 0 Å². The molecule has 1 saturated heterocycles. The molecule has 1 aliphatic rings. The second kappa shape index (κ2) is 9.36. The minimum atomic E-state index is -4.55. The van der Waals surface area contributed by atoms with Crippen LogP contribution in [0.4, 0.5) is 13.2 Å². The number of aryl methyl sites for hydroxylation is 1. The van der Waals surface area contributed by atoms with E-state index in [1.54, 1.807) is 12.0 Å². The first-order valence-corrected chi connectivity index (χ1v) is 9.94. The number of methoxy groups -OCH3 is 1. The normalized spacial score (nSPS) is 15.3. The Hall–Kier alpha value is -2.77. The van der Waals surface area contributed by atoms with E-state index in [1.807, 2.05) is 24.3 Å². The van der Waals surface area contributed by atoms with E-state index in [4.69, 9.17) is 4.74 Å². The number of amides is 1. The maximum atomic E-state index is 12.9. The summed E-state index contributed by atoms with van der Waals surface area (Å²) >= 11 is 0. The van der Waals surface area contributed by atoms with Crippen molar-refractivity contribution in [2.24, 2.45) is 5.92 Å². The predicted molar refractivity (Wildman–Crippen MR) is 106 cm³/mol. The number of nitrogens with zero attached hydrogens (tertiary/aromatic N) is 2. The number of carbonyl (C=O) groups is 1. The van der Waals surface area contributed by atoms with Crippen LogP contribution in [0, 0.1) is 5.92 Å². The van der Waals surface area contributed by atoms with Crippen LogP contribution in [0.5, 0.6) is 5.75 Å². The molecule has 5 nitrogen and oxygen atoms in total. The highest BCUT2D eigenvalue weighted by Gasteiger charge is 2.31. The minimum Gasteiger partial charge on any atom is -0.497 e. The van der Waals surface area contributed by atoms with Crippen molar-refractivity contribution in [3.05, 3.63) is 64.1 Å². The lowest BCUT2D eigenvalue weighted by atomic mass is 9.90. The third-order valence-electron chi connectivity index (χ3n) is 5.58. The summed E-state index contributed by atoms with van der Waals surface area (Å²) in [4.78, 5) is 26.0. The molecule has 8 heteroatoms. The number of benzene rings is 1. The Kier molecular flexibility index (Phi) is 6.84. The number of likely N-dealkylation sites (tertiary alicyclic amines) is 1. The van der Waals surface area contributed by atoms with Gasteiger partial charge in [-0.15, -0.1) is 0 Å². The highest BCUT2D eigenvalue weighted by molar-refractivity contribution is 5.76. The zero-order valence-corrected chi connectivity index (χ0v) is 16.8. The van der Waals surface area contributed by atoms with E-state index in [-0.39, 0.29) is 12.5 Å². The number of carbonyl (C=O) groups excluding carboxylic acids is 1. The molecule has 0 bridgehead atoms. The molecule has 1 aromatic heterocycles. The summed E-state index contributed by atoms with van der Waals surface area (Å²) < 4.78 is 44.5. The van der Waals surface area contributed by atoms with Crippen molar-refractivity contribution in [2.75, 3.05) is 20.2 Å². The number of hydrogen-bond acceptors (Lipinski definition) is 3. The molecule has 0 N–H and O–H groups in total. The molecule has 0 saturated carbocycles. The number of halogens is 3. The van der Waals surface area contributed by atoms with Crippen LogP contribution >= 0.6 is 0 Å². The highest BCUT2D eigenvalue weighted by atomic mass is 19.4. The maximum Gasteiger partial charge on any atom is 0.417 e. The first-order chi connectivity index (χ1) is 14.3. The zero-order chi connectivity index (χ0) is 21.7.